The molecule has 0 atom stereocenters. The molecular weight excluding hydrogens is 330 g/mol. The highest BCUT2D eigenvalue weighted by Crippen LogP contribution is 2.42. The zero-order valence-electron chi connectivity index (χ0n) is 10.1. The topological polar surface area (TPSA) is 30.0 Å². The van der Waals surface area contributed by atoms with Gasteiger partial charge in [0, 0.05) is 10.9 Å². The Morgan fingerprint density at radius 2 is 2.11 bits per heavy atom. The molecule has 0 spiro atoms. The van der Waals surface area contributed by atoms with E-state index >= 15 is 0 Å². The number of Topliss-reactive ketones (excluding diaryl/α,β-unsaturated/α-hetero) is 1. The maximum absolute atomic E-state index is 12.1. The molecule has 2 heterocycles. The average molecular weight is 342 g/mol. The van der Waals surface area contributed by atoms with Crippen LogP contribution in [0.2, 0.25) is 0 Å². The molecule has 2 nitrogen and oxygen atoms in total. The summed E-state index contributed by atoms with van der Waals surface area (Å²) in [5, 5.41) is 3.00. The Bertz CT molecular complexity index is 627. The maximum atomic E-state index is 12.1. The molecule has 0 saturated carbocycles. The van der Waals surface area contributed by atoms with Gasteiger partial charge in [-0.2, -0.15) is 0 Å². The number of aromatic nitrogens is 1. The maximum Gasteiger partial charge on any atom is 0.175 e. The summed E-state index contributed by atoms with van der Waals surface area (Å²) in [5.41, 5.74) is 1.03. The summed E-state index contributed by atoms with van der Waals surface area (Å²) in [6.45, 7) is 4.27. The number of carbonyl (C=O) groups excluding carboxylic acids is 1. The summed E-state index contributed by atoms with van der Waals surface area (Å²) in [7, 11) is 0. The number of rotatable bonds is 1. The highest BCUT2D eigenvalue weighted by molar-refractivity contribution is 9.10. The van der Waals surface area contributed by atoms with Gasteiger partial charge in [0.05, 0.1) is 15.4 Å². The summed E-state index contributed by atoms with van der Waals surface area (Å²) < 4.78 is 1.06. The van der Waals surface area contributed by atoms with E-state index in [1.165, 1.54) is 11.3 Å². The smallest absolute Gasteiger partial charge is 0.175 e. The van der Waals surface area contributed by atoms with Crippen LogP contribution in [0.15, 0.2) is 15.9 Å². The first kappa shape index (κ1) is 12.5. The molecule has 2 aromatic rings. The third-order valence-electron chi connectivity index (χ3n) is 3.05. The number of hydrogen-bond acceptors (Lipinski definition) is 4. The van der Waals surface area contributed by atoms with Crippen molar-refractivity contribution in [2.75, 3.05) is 0 Å². The molecule has 1 aliphatic carbocycles. The largest absolute Gasteiger partial charge is 0.293 e. The predicted octanol–water partition coefficient (Wildman–Crippen LogP) is 4.79. The number of carbonyl (C=O) groups is 1. The molecule has 0 radical (unpaired) electrons. The van der Waals surface area contributed by atoms with Crippen LogP contribution in [0, 0.1) is 5.41 Å². The Morgan fingerprint density at radius 3 is 2.78 bits per heavy atom. The van der Waals surface area contributed by atoms with E-state index in [1.807, 2.05) is 11.4 Å². The molecule has 0 aliphatic heterocycles. The first-order valence-corrected chi connectivity index (χ1v) is 8.21. The van der Waals surface area contributed by atoms with Crippen molar-refractivity contribution >= 4 is 44.4 Å². The van der Waals surface area contributed by atoms with E-state index in [4.69, 9.17) is 0 Å². The van der Waals surface area contributed by atoms with E-state index in [0.717, 1.165) is 31.3 Å². The van der Waals surface area contributed by atoms with Crippen LogP contribution in [-0.2, 0) is 6.42 Å². The SMILES string of the molecule is CC1(C)CC(=O)c2sc(-c3sccc3Br)nc2C1. The van der Waals surface area contributed by atoms with Crippen LogP contribution in [0.5, 0.6) is 0 Å². The standard InChI is InChI=1S/C13H12BrNOS2/c1-13(2)5-8-11(9(16)6-13)18-12(15-8)10-7(14)3-4-17-10/h3-4H,5-6H2,1-2H3. The van der Waals surface area contributed by atoms with Crippen molar-refractivity contribution in [2.45, 2.75) is 26.7 Å². The monoisotopic (exact) mass is 341 g/mol. The Labute approximate surface area is 122 Å². The quantitative estimate of drug-likeness (QED) is 0.746. The Morgan fingerprint density at radius 1 is 1.33 bits per heavy atom. The minimum Gasteiger partial charge on any atom is -0.293 e. The summed E-state index contributed by atoms with van der Waals surface area (Å²) in [5.74, 6) is 0.248. The number of fused-ring (bicyclic) bond motifs is 1. The summed E-state index contributed by atoms with van der Waals surface area (Å²) in [6, 6.07) is 2.02. The molecule has 0 aromatic carbocycles. The number of thiophene rings is 1. The van der Waals surface area contributed by atoms with Crippen molar-refractivity contribution in [1.82, 2.24) is 4.98 Å². The first-order valence-electron chi connectivity index (χ1n) is 5.72. The van der Waals surface area contributed by atoms with Gasteiger partial charge in [-0.05, 0) is 39.2 Å². The zero-order chi connectivity index (χ0) is 12.9. The van der Waals surface area contributed by atoms with Crippen LogP contribution in [0.4, 0.5) is 0 Å². The van der Waals surface area contributed by atoms with Crippen molar-refractivity contribution in [3.8, 4) is 9.88 Å². The second-order valence-electron chi connectivity index (χ2n) is 5.33. The summed E-state index contributed by atoms with van der Waals surface area (Å²) in [6.07, 6.45) is 1.53. The van der Waals surface area contributed by atoms with Gasteiger partial charge in [-0.25, -0.2) is 4.98 Å². The van der Waals surface area contributed by atoms with Gasteiger partial charge in [-0.1, -0.05) is 13.8 Å². The van der Waals surface area contributed by atoms with E-state index < -0.39 is 0 Å². The molecule has 0 fully saturated rings. The van der Waals surface area contributed by atoms with Crippen molar-refractivity contribution in [1.29, 1.82) is 0 Å². The summed E-state index contributed by atoms with van der Waals surface area (Å²) >= 11 is 6.72. The summed E-state index contributed by atoms with van der Waals surface area (Å²) in [4.78, 5) is 18.8. The van der Waals surface area contributed by atoms with Crippen LogP contribution in [0.25, 0.3) is 9.88 Å². The number of halogens is 1. The number of nitrogens with zero attached hydrogens (tertiary/aromatic N) is 1. The second-order valence-corrected chi connectivity index (χ2v) is 8.10. The van der Waals surface area contributed by atoms with Crippen molar-refractivity contribution in [3.05, 3.63) is 26.5 Å². The molecule has 1 aliphatic rings. The molecule has 0 N–H and O–H groups in total. The number of thiazole rings is 1. The molecule has 3 rings (SSSR count). The van der Waals surface area contributed by atoms with Gasteiger partial charge in [0.15, 0.2) is 5.78 Å². The minimum absolute atomic E-state index is 0.0438. The lowest BCUT2D eigenvalue weighted by Gasteiger charge is -2.26. The minimum atomic E-state index is 0.0438. The fourth-order valence-electron chi connectivity index (χ4n) is 2.26. The highest BCUT2D eigenvalue weighted by atomic mass is 79.9. The van der Waals surface area contributed by atoms with Crippen LogP contribution in [0.3, 0.4) is 0 Å². The molecule has 0 amide bonds. The lowest BCUT2D eigenvalue weighted by atomic mass is 9.78. The van der Waals surface area contributed by atoms with E-state index in [2.05, 4.69) is 34.8 Å². The Balaban J connectivity index is 2.08. The van der Waals surface area contributed by atoms with E-state index in [-0.39, 0.29) is 11.2 Å². The van der Waals surface area contributed by atoms with E-state index in [0.29, 0.717) is 6.42 Å². The van der Waals surface area contributed by atoms with Crippen LogP contribution < -0.4 is 0 Å². The first-order chi connectivity index (χ1) is 8.46. The zero-order valence-corrected chi connectivity index (χ0v) is 13.3. The Kier molecular flexibility index (Phi) is 2.95. The molecule has 0 unspecified atom stereocenters. The van der Waals surface area contributed by atoms with Gasteiger partial charge in [-0.15, -0.1) is 22.7 Å². The second kappa shape index (κ2) is 4.25. The molecule has 5 heteroatoms. The average Bonchev–Trinajstić information content (AvgIpc) is 2.82. The molecular formula is C13H12BrNOS2. The lowest BCUT2D eigenvalue weighted by Crippen LogP contribution is -2.25. The number of hydrogen-bond donors (Lipinski definition) is 0. The van der Waals surface area contributed by atoms with E-state index in [1.54, 1.807) is 11.3 Å². The normalized spacial score (nSPS) is 17.8. The van der Waals surface area contributed by atoms with Gasteiger partial charge in [0.2, 0.25) is 0 Å². The van der Waals surface area contributed by atoms with Crippen molar-refractivity contribution < 1.29 is 4.79 Å². The van der Waals surface area contributed by atoms with Gasteiger partial charge >= 0.3 is 0 Å². The van der Waals surface area contributed by atoms with Gasteiger partial charge in [0.25, 0.3) is 0 Å². The van der Waals surface area contributed by atoms with Crippen molar-refractivity contribution in [3.63, 3.8) is 0 Å². The lowest BCUT2D eigenvalue weighted by molar-refractivity contribution is 0.0916. The number of ketones is 1. The third-order valence-corrected chi connectivity index (χ3v) is 6.18. The predicted molar refractivity (Wildman–Crippen MR) is 79.6 cm³/mol. The molecule has 2 aromatic heterocycles. The molecule has 0 saturated heterocycles. The van der Waals surface area contributed by atoms with Crippen LogP contribution >= 0.6 is 38.6 Å². The van der Waals surface area contributed by atoms with Crippen molar-refractivity contribution in [2.24, 2.45) is 5.41 Å². The van der Waals surface area contributed by atoms with Crippen LogP contribution in [0.1, 0.15) is 35.6 Å². The Hall–Kier alpha value is -0.520. The van der Waals surface area contributed by atoms with E-state index in [9.17, 15) is 4.79 Å². The third kappa shape index (κ3) is 2.08. The molecule has 18 heavy (non-hydrogen) atoms. The molecule has 0 bridgehead atoms. The van der Waals surface area contributed by atoms with Crippen LogP contribution in [-0.4, -0.2) is 10.8 Å². The molecule has 94 valence electrons. The van der Waals surface area contributed by atoms with Gasteiger partial charge in [0.1, 0.15) is 5.01 Å². The van der Waals surface area contributed by atoms with Gasteiger partial charge < -0.3 is 0 Å². The van der Waals surface area contributed by atoms with Gasteiger partial charge in [-0.3, -0.25) is 4.79 Å². The highest BCUT2D eigenvalue weighted by Gasteiger charge is 2.34. The fraction of sp³-hybridized carbons (Fsp3) is 0.385. The fourth-order valence-corrected chi connectivity index (χ4v) is 5.08.